The van der Waals surface area contributed by atoms with Crippen molar-refractivity contribution in [3.63, 3.8) is 0 Å². The van der Waals surface area contributed by atoms with Crippen LogP contribution in [0.4, 0.5) is 0 Å². The normalized spacial score (nSPS) is 14.7. The molecule has 6 heteroatoms. The van der Waals surface area contributed by atoms with Crippen molar-refractivity contribution in [2.45, 2.75) is 39.5 Å². The Labute approximate surface area is 378 Å². The number of aromatic nitrogens is 3. The van der Waals surface area contributed by atoms with Crippen molar-refractivity contribution in [2.24, 2.45) is 20.9 Å². The van der Waals surface area contributed by atoms with E-state index in [9.17, 15) is 0 Å². The van der Waals surface area contributed by atoms with E-state index in [1.54, 1.807) is 7.05 Å². The third kappa shape index (κ3) is 9.52. The van der Waals surface area contributed by atoms with Crippen LogP contribution in [0.2, 0.25) is 0 Å². The van der Waals surface area contributed by atoms with Gasteiger partial charge in [0.25, 0.3) is 0 Å². The summed E-state index contributed by atoms with van der Waals surface area (Å²) in [6.07, 6.45) is 22.6. The Morgan fingerprint density at radius 1 is 0.672 bits per heavy atom. The summed E-state index contributed by atoms with van der Waals surface area (Å²) in [5.74, 6) is 2.97. The van der Waals surface area contributed by atoms with Crippen LogP contribution in [0.3, 0.4) is 0 Å². The van der Waals surface area contributed by atoms with Crippen LogP contribution in [0.15, 0.2) is 221 Å². The predicted molar refractivity (Wildman–Crippen MR) is 272 cm³/mol. The Balaban J connectivity index is 1.41. The topological polar surface area (TPSA) is 75.8 Å². The lowest BCUT2D eigenvalue weighted by Gasteiger charge is -2.34. The number of nitrogens with zero attached hydrogens (tertiary/aromatic N) is 6. The van der Waals surface area contributed by atoms with Gasteiger partial charge in [-0.05, 0) is 77.8 Å². The molecule has 1 unspecified atom stereocenters. The standard InChI is InChI=1S/C58H54N6/c1-8-12-16-26-42(6)54(61-53(59-7)41(5)25-13-9-2)60-40-43(10-3)37-38-58(50-33-23-21-31-48(50)49-32-22-24-34-51(49)58)52-39-47(36-35-44(52)11-4)57-63-55(45-27-17-14-18-28-45)62-56(64-57)46-29-19-15-20-30-46/h8-37,39-40,42H,3-4,38H2,1-2,5-7H3/b12-8-,13-9-,26-16-,41-25+,43-37+,59-53?,60-40?,61-54?. The average molecular weight is 835 g/mol. The smallest absolute Gasteiger partial charge is 0.164 e. The van der Waals surface area contributed by atoms with Crippen LogP contribution in [-0.2, 0) is 5.41 Å². The Morgan fingerprint density at radius 2 is 1.23 bits per heavy atom. The second-order valence-corrected chi connectivity index (χ2v) is 15.5. The summed E-state index contributed by atoms with van der Waals surface area (Å²) in [6, 6.07) is 44.1. The van der Waals surface area contributed by atoms with Crippen molar-refractivity contribution in [1.82, 2.24) is 15.0 Å². The van der Waals surface area contributed by atoms with E-state index in [2.05, 4.69) is 104 Å². The number of benzene rings is 5. The third-order valence-corrected chi connectivity index (χ3v) is 11.4. The summed E-state index contributed by atoms with van der Waals surface area (Å²) < 4.78 is 0. The number of allylic oxidation sites excluding steroid dienone is 9. The largest absolute Gasteiger partial charge is 0.270 e. The average Bonchev–Trinajstić information content (AvgIpc) is 3.64. The third-order valence-electron chi connectivity index (χ3n) is 11.4. The lowest BCUT2D eigenvalue weighted by molar-refractivity contribution is 0.643. The summed E-state index contributed by atoms with van der Waals surface area (Å²) in [7, 11) is 1.76. The van der Waals surface area contributed by atoms with Crippen LogP contribution < -0.4 is 0 Å². The van der Waals surface area contributed by atoms with Crippen molar-refractivity contribution < 1.29 is 0 Å². The van der Waals surface area contributed by atoms with Gasteiger partial charge < -0.3 is 0 Å². The zero-order chi connectivity index (χ0) is 44.9. The minimum Gasteiger partial charge on any atom is -0.270 e. The maximum Gasteiger partial charge on any atom is 0.164 e. The van der Waals surface area contributed by atoms with Crippen LogP contribution in [0.25, 0.3) is 51.4 Å². The highest BCUT2D eigenvalue weighted by Gasteiger charge is 2.45. The number of fused-ring (bicyclic) bond motifs is 3. The first-order chi connectivity index (χ1) is 31.3. The molecule has 0 radical (unpaired) electrons. The van der Waals surface area contributed by atoms with E-state index in [0.717, 1.165) is 39.0 Å². The fraction of sp³-hybridized carbons (Fsp3) is 0.138. The zero-order valence-corrected chi connectivity index (χ0v) is 37.4. The van der Waals surface area contributed by atoms with Crippen LogP contribution in [-0.4, -0.2) is 39.9 Å². The second-order valence-electron chi connectivity index (χ2n) is 15.5. The first-order valence-corrected chi connectivity index (χ1v) is 21.7. The molecule has 5 aromatic carbocycles. The monoisotopic (exact) mass is 834 g/mol. The Morgan fingerprint density at radius 3 is 1.78 bits per heavy atom. The molecule has 0 aliphatic heterocycles. The summed E-state index contributed by atoms with van der Waals surface area (Å²) in [5.41, 5.74) is 10.8. The molecule has 6 nitrogen and oxygen atoms in total. The fourth-order valence-electron chi connectivity index (χ4n) is 8.14. The molecule has 7 rings (SSSR count). The zero-order valence-electron chi connectivity index (χ0n) is 37.4. The van der Waals surface area contributed by atoms with E-state index in [0.29, 0.717) is 35.6 Å². The van der Waals surface area contributed by atoms with Gasteiger partial charge in [0.15, 0.2) is 23.3 Å². The van der Waals surface area contributed by atoms with Gasteiger partial charge in [-0.3, -0.25) is 4.99 Å². The molecule has 0 N–H and O–H groups in total. The van der Waals surface area contributed by atoms with Gasteiger partial charge in [0, 0.05) is 35.9 Å². The molecule has 1 aliphatic rings. The van der Waals surface area contributed by atoms with Crippen LogP contribution in [0, 0.1) is 5.92 Å². The van der Waals surface area contributed by atoms with Gasteiger partial charge in [-0.1, -0.05) is 202 Å². The highest BCUT2D eigenvalue weighted by atomic mass is 15.0. The summed E-state index contributed by atoms with van der Waals surface area (Å²) in [6.45, 7) is 16.7. The Hall–Kier alpha value is -7.70. The summed E-state index contributed by atoms with van der Waals surface area (Å²) in [5, 5.41) is 0. The molecule has 316 valence electrons. The molecule has 0 fully saturated rings. The predicted octanol–water partition coefficient (Wildman–Crippen LogP) is 14.1. The van der Waals surface area contributed by atoms with Gasteiger partial charge in [0.1, 0.15) is 5.84 Å². The second kappa shape index (κ2) is 20.9. The molecule has 6 aromatic rings. The molecule has 0 saturated heterocycles. The van der Waals surface area contributed by atoms with E-state index in [4.69, 9.17) is 24.9 Å². The summed E-state index contributed by atoms with van der Waals surface area (Å²) >= 11 is 0. The molecular formula is C58H54N6. The molecular weight excluding hydrogens is 781 g/mol. The van der Waals surface area contributed by atoms with Crippen molar-refractivity contribution in [2.75, 3.05) is 7.05 Å². The Bertz CT molecular complexity index is 2780. The molecule has 1 heterocycles. The molecule has 1 atom stereocenters. The summed E-state index contributed by atoms with van der Waals surface area (Å²) in [4.78, 5) is 29.8. The van der Waals surface area contributed by atoms with E-state index in [-0.39, 0.29) is 5.92 Å². The first kappa shape index (κ1) is 44.4. The van der Waals surface area contributed by atoms with Crippen molar-refractivity contribution in [3.05, 3.63) is 229 Å². The number of aliphatic imine (C=N–C) groups is 3. The van der Waals surface area contributed by atoms with E-state index in [1.165, 1.54) is 22.3 Å². The van der Waals surface area contributed by atoms with Crippen LogP contribution in [0.1, 0.15) is 56.4 Å². The fourth-order valence-corrected chi connectivity index (χ4v) is 8.14. The minimum atomic E-state index is -0.636. The number of hydrogen-bond donors (Lipinski definition) is 0. The molecule has 0 bridgehead atoms. The highest BCUT2D eigenvalue weighted by molar-refractivity contribution is 6.09. The van der Waals surface area contributed by atoms with Crippen LogP contribution in [0.5, 0.6) is 0 Å². The number of hydrogen-bond acceptors (Lipinski definition) is 4. The Kier molecular flexibility index (Phi) is 14.5. The highest BCUT2D eigenvalue weighted by Crippen LogP contribution is 2.56. The van der Waals surface area contributed by atoms with Crippen molar-refractivity contribution >= 4 is 24.0 Å². The maximum absolute atomic E-state index is 5.13. The van der Waals surface area contributed by atoms with E-state index < -0.39 is 5.41 Å². The minimum absolute atomic E-state index is 0.0946. The number of amidine groups is 2. The SMILES string of the molecule is C=C/C(C=NC(=NC(=NC)/C(C)=C/C=C\C)C(C)/C=C\C=C/C)=C\CC1(c2cc(-c3nc(-c4ccccc4)nc(-c4ccccc4)n3)ccc2C=C)c2ccccc2-c2ccccc21. The quantitative estimate of drug-likeness (QED) is 0.0623. The van der Waals surface area contributed by atoms with Gasteiger partial charge in [-0.15, -0.1) is 0 Å². The number of rotatable bonds is 14. The van der Waals surface area contributed by atoms with Gasteiger partial charge >= 0.3 is 0 Å². The lowest BCUT2D eigenvalue weighted by atomic mass is 9.68. The van der Waals surface area contributed by atoms with Crippen LogP contribution >= 0.6 is 0 Å². The van der Waals surface area contributed by atoms with Gasteiger partial charge in [0.05, 0.1) is 5.41 Å². The lowest BCUT2D eigenvalue weighted by Crippen LogP contribution is -2.27. The molecule has 64 heavy (non-hydrogen) atoms. The molecule has 1 aliphatic carbocycles. The molecule has 0 saturated carbocycles. The van der Waals surface area contributed by atoms with Gasteiger partial charge in [-0.2, -0.15) is 0 Å². The molecule has 0 amide bonds. The van der Waals surface area contributed by atoms with E-state index in [1.807, 2.05) is 136 Å². The van der Waals surface area contributed by atoms with Crippen molar-refractivity contribution in [3.8, 4) is 45.3 Å². The molecule has 0 spiro atoms. The first-order valence-electron chi connectivity index (χ1n) is 21.7. The molecule has 1 aromatic heterocycles. The van der Waals surface area contributed by atoms with E-state index >= 15 is 0 Å². The van der Waals surface area contributed by atoms with Gasteiger partial charge in [0.2, 0.25) is 0 Å². The maximum atomic E-state index is 5.13. The van der Waals surface area contributed by atoms with Gasteiger partial charge in [-0.25, -0.2) is 24.9 Å². The van der Waals surface area contributed by atoms with Crippen molar-refractivity contribution in [1.29, 1.82) is 0 Å².